The number of likely N-dealkylation sites (N-methyl/N-ethyl adjacent to an activating group) is 1. The first-order valence-electron chi connectivity index (χ1n) is 7.90. The Labute approximate surface area is 123 Å². The Bertz CT molecular complexity index is 408. The van der Waals surface area contributed by atoms with Gasteiger partial charge in [0, 0.05) is 24.3 Å². The van der Waals surface area contributed by atoms with Crippen molar-refractivity contribution < 1.29 is 4.74 Å². The number of rotatable bonds is 6. The Kier molecular flexibility index (Phi) is 5.72. The van der Waals surface area contributed by atoms with Crippen LogP contribution in [-0.2, 0) is 0 Å². The van der Waals surface area contributed by atoms with Crippen LogP contribution in [0.4, 0.5) is 5.69 Å². The van der Waals surface area contributed by atoms with E-state index in [2.05, 4.69) is 49.3 Å². The first kappa shape index (κ1) is 15.2. The van der Waals surface area contributed by atoms with E-state index in [-0.39, 0.29) is 6.10 Å². The van der Waals surface area contributed by atoms with E-state index in [1.165, 1.54) is 25.8 Å². The monoisotopic (exact) mass is 276 g/mol. The first-order chi connectivity index (χ1) is 9.69. The van der Waals surface area contributed by atoms with Crippen molar-refractivity contribution in [1.82, 2.24) is 4.90 Å². The smallest absolute Gasteiger partial charge is 0.121 e. The van der Waals surface area contributed by atoms with Crippen LogP contribution in [0.3, 0.4) is 0 Å². The number of nitrogens with one attached hydrogen (secondary N) is 1. The lowest BCUT2D eigenvalue weighted by molar-refractivity contribution is 0.194. The summed E-state index contributed by atoms with van der Waals surface area (Å²) in [6.45, 7) is 6.50. The van der Waals surface area contributed by atoms with Crippen molar-refractivity contribution >= 4 is 5.69 Å². The summed E-state index contributed by atoms with van der Waals surface area (Å²) in [5, 5.41) is 3.55. The summed E-state index contributed by atoms with van der Waals surface area (Å²) < 4.78 is 5.87. The van der Waals surface area contributed by atoms with Gasteiger partial charge in [0.25, 0.3) is 0 Å². The van der Waals surface area contributed by atoms with Crippen LogP contribution in [0, 0.1) is 0 Å². The molecule has 2 rings (SSSR count). The molecule has 0 spiro atoms. The molecule has 1 heterocycles. The van der Waals surface area contributed by atoms with E-state index < -0.39 is 0 Å². The minimum atomic E-state index is 0.273. The molecule has 1 fully saturated rings. The highest BCUT2D eigenvalue weighted by atomic mass is 16.5. The molecular formula is C17H28N2O. The number of nitrogens with zero attached hydrogens (tertiary/aromatic N) is 1. The van der Waals surface area contributed by atoms with Gasteiger partial charge in [0.05, 0.1) is 6.10 Å². The molecule has 0 saturated carbocycles. The maximum Gasteiger partial charge on any atom is 0.121 e. The van der Waals surface area contributed by atoms with Gasteiger partial charge in [-0.15, -0.1) is 0 Å². The molecule has 1 aromatic carbocycles. The Morgan fingerprint density at radius 1 is 1.40 bits per heavy atom. The van der Waals surface area contributed by atoms with Gasteiger partial charge in [-0.25, -0.2) is 0 Å². The zero-order valence-corrected chi connectivity index (χ0v) is 13.1. The first-order valence-corrected chi connectivity index (χ1v) is 7.90. The molecule has 0 bridgehead atoms. The zero-order chi connectivity index (χ0) is 14.4. The minimum absolute atomic E-state index is 0.273. The predicted octanol–water partition coefficient (Wildman–Crippen LogP) is 3.76. The molecule has 1 N–H and O–H groups in total. The summed E-state index contributed by atoms with van der Waals surface area (Å²) in [5.74, 6) is 0.960. The van der Waals surface area contributed by atoms with Gasteiger partial charge >= 0.3 is 0 Å². The minimum Gasteiger partial charge on any atom is -0.491 e. The van der Waals surface area contributed by atoms with E-state index >= 15 is 0 Å². The quantitative estimate of drug-likeness (QED) is 0.856. The second kappa shape index (κ2) is 7.53. The van der Waals surface area contributed by atoms with Gasteiger partial charge in [-0.3, -0.25) is 0 Å². The fraction of sp³-hybridized carbons (Fsp3) is 0.647. The van der Waals surface area contributed by atoms with E-state index in [4.69, 9.17) is 4.74 Å². The summed E-state index contributed by atoms with van der Waals surface area (Å²) in [6, 6.07) is 8.97. The highest BCUT2D eigenvalue weighted by molar-refractivity contribution is 5.48. The lowest BCUT2D eigenvalue weighted by Crippen LogP contribution is -2.40. The Morgan fingerprint density at radius 2 is 2.25 bits per heavy atom. The van der Waals surface area contributed by atoms with Crippen molar-refractivity contribution in [2.75, 3.05) is 25.5 Å². The van der Waals surface area contributed by atoms with Crippen LogP contribution >= 0.6 is 0 Å². The predicted molar refractivity (Wildman–Crippen MR) is 85.6 cm³/mol. The van der Waals surface area contributed by atoms with E-state index in [0.717, 1.165) is 24.4 Å². The summed E-state index contributed by atoms with van der Waals surface area (Å²) >= 11 is 0. The van der Waals surface area contributed by atoms with Gasteiger partial charge in [0.15, 0.2) is 0 Å². The molecule has 1 aromatic rings. The molecule has 20 heavy (non-hydrogen) atoms. The second-order valence-corrected chi connectivity index (χ2v) is 5.88. The van der Waals surface area contributed by atoms with Gasteiger partial charge in [0.2, 0.25) is 0 Å². The van der Waals surface area contributed by atoms with Crippen molar-refractivity contribution in [3.8, 4) is 5.75 Å². The number of anilines is 1. The van der Waals surface area contributed by atoms with E-state index in [9.17, 15) is 0 Å². The highest BCUT2D eigenvalue weighted by Gasteiger charge is 2.18. The van der Waals surface area contributed by atoms with Gasteiger partial charge < -0.3 is 15.0 Å². The number of ether oxygens (including phenoxy) is 1. The van der Waals surface area contributed by atoms with Crippen molar-refractivity contribution in [3.05, 3.63) is 24.3 Å². The lowest BCUT2D eigenvalue weighted by Gasteiger charge is -2.32. The van der Waals surface area contributed by atoms with Crippen LogP contribution in [0.15, 0.2) is 24.3 Å². The highest BCUT2D eigenvalue weighted by Crippen LogP contribution is 2.20. The van der Waals surface area contributed by atoms with Crippen molar-refractivity contribution in [2.45, 2.75) is 51.7 Å². The third-order valence-corrected chi connectivity index (χ3v) is 4.21. The van der Waals surface area contributed by atoms with Gasteiger partial charge in [-0.1, -0.05) is 19.4 Å². The average molecular weight is 276 g/mol. The average Bonchev–Trinajstić information content (AvgIpc) is 2.47. The standard InChI is InChI=1S/C17H28N2O/c1-4-14(2)20-17-10-7-8-15(12-17)18-13-16-9-5-6-11-19(16)3/h7-8,10,12,14,16,18H,4-6,9,11,13H2,1-3H3. The maximum atomic E-state index is 5.87. The SMILES string of the molecule is CCC(C)Oc1cccc(NCC2CCCCN2C)c1. The lowest BCUT2D eigenvalue weighted by atomic mass is 10.0. The molecule has 0 amide bonds. The molecule has 1 saturated heterocycles. The number of piperidine rings is 1. The van der Waals surface area contributed by atoms with Crippen LogP contribution in [0.1, 0.15) is 39.5 Å². The van der Waals surface area contributed by atoms with E-state index in [1.807, 2.05) is 6.07 Å². The van der Waals surface area contributed by atoms with E-state index in [1.54, 1.807) is 0 Å². The number of hydrogen-bond acceptors (Lipinski definition) is 3. The van der Waals surface area contributed by atoms with Crippen molar-refractivity contribution in [1.29, 1.82) is 0 Å². The molecule has 1 aliphatic rings. The van der Waals surface area contributed by atoms with Crippen LogP contribution in [0.2, 0.25) is 0 Å². The summed E-state index contributed by atoms with van der Waals surface area (Å²) in [6.07, 6.45) is 5.30. The number of benzene rings is 1. The molecule has 2 atom stereocenters. The molecule has 0 radical (unpaired) electrons. The van der Waals surface area contributed by atoms with E-state index in [0.29, 0.717) is 6.04 Å². The third kappa shape index (κ3) is 4.41. The molecule has 1 aliphatic heterocycles. The molecule has 3 nitrogen and oxygen atoms in total. The Hall–Kier alpha value is -1.22. The Morgan fingerprint density at radius 3 is 3.00 bits per heavy atom. The number of hydrogen-bond donors (Lipinski definition) is 1. The fourth-order valence-corrected chi connectivity index (χ4v) is 2.63. The van der Waals surface area contributed by atoms with Crippen molar-refractivity contribution in [2.24, 2.45) is 0 Å². The molecule has 0 aliphatic carbocycles. The van der Waals surface area contributed by atoms with Gasteiger partial charge in [-0.05, 0) is 51.9 Å². The largest absolute Gasteiger partial charge is 0.491 e. The maximum absolute atomic E-state index is 5.87. The van der Waals surface area contributed by atoms with Crippen LogP contribution < -0.4 is 10.1 Å². The molecule has 112 valence electrons. The van der Waals surface area contributed by atoms with Crippen LogP contribution in [-0.4, -0.2) is 37.2 Å². The summed E-state index contributed by atoms with van der Waals surface area (Å²) in [7, 11) is 2.23. The van der Waals surface area contributed by atoms with Crippen molar-refractivity contribution in [3.63, 3.8) is 0 Å². The van der Waals surface area contributed by atoms with Gasteiger partial charge in [0.1, 0.15) is 5.75 Å². The number of likely N-dealkylation sites (tertiary alicyclic amines) is 1. The fourth-order valence-electron chi connectivity index (χ4n) is 2.63. The molecular weight excluding hydrogens is 248 g/mol. The van der Waals surface area contributed by atoms with Gasteiger partial charge in [-0.2, -0.15) is 0 Å². The summed E-state index contributed by atoms with van der Waals surface area (Å²) in [5.41, 5.74) is 1.16. The zero-order valence-electron chi connectivity index (χ0n) is 13.1. The summed E-state index contributed by atoms with van der Waals surface area (Å²) in [4.78, 5) is 2.47. The second-order valence-electron chi connectivity index (χ2n) is 5.88. The molecule has 2 unspecified atom stereocenters. The normalized spacial score (nSPS) is 21.4. The molecule has 3 heteroatoms. The molecule has 0 aromatic heterocycles. The third-order valence-electron chi connectivity index (χ3n) is 4.21. The van der Waals surface area contributed by atoms with Crippen LogP contribution in [0.5, 0.6) is 5.75 Å². The topological polar surface area (TPSA) is 24.5 Å². The Balaban J connectivity index is 1.87. The van der Waals surface area contributed by atoms with Crippen LogP contribution in [0.25, 0.3) is 0 Å².